The maximum atomic E-state index is 12.4. The van der Waals surface area contributed by atoms with Gasteiger partial charge < -0.3 is 24.8 Å². The van der Waals surface area contributed by atoms with E-state index in [1.807, 2.05) is 0 Å². The highest BCUT2D eigenvalue weighted by Crippen LogP contribution is 2.27. The molecule has 11 nitrogen and oxygen atoms in total. The number of anilines is 1. The zero-order valence-corrected chi connectivity index (χ0v) is 20.3. The largest absolute Gasteiger partial charge is 0.493 e. The minimum Gasteiger partial charge on any atom is -0.493 e. The third-order valence-corrected chi connectivity index (χ3v) is 6.59. The quantitative estimate of drug-likeness (QED) is 0.470. The van der Waals surface area contributed by atoms with Crippen molar-refractivity contribution in [2.45, 2.75) is 11.8 Å². The van der Waals surface area contributed by atoms with Crippen molar-refractivity contribution in [3.8, 4) is 11.5 Å². The Morgan fingerprint density at radius 1 is 0.971 bits per heavy atom. The molecule has 0 aliphatic carbocycles. The van der Waals surface area contributed by atoms with E-state index in [0.717, 1.165) is 4.31 Å². The van der Waals surface area contributed by atoms with Crippen molar-refractivity contribution in [3.05, 3.63) is 47.5 Å². The molecule has 0 bridgehead atoms. The minimum atomic E-state index is -3.70. The first-order valence-corrected chi connectivity index (χ1v) is 11.4. The van der Waals surface area contributed by atoms with Crippen LogP contribution in [0.5, 0.6) is 11.5 Å². The second-order valence-corrected chi connectivity index (χ2v) is 9.35. The van der Waals surface area contributed by atoms with Gasteiger partial charge in [0.1, 0.15) is 6.54 Å². The SMILES string of the molecule is COc1ccc(C(=O)NCC(=O)OCC(=O)Nc2ccc(C)c(S(=O)(=O)N(C)C)c2)cc1OC. The van der Waals surface area contributed by atoms with E-state index in [0.29, 0.717) is 17.1 Å². The van der Waals surface area contributed by atoms with E-state index in [1.54, 1.807) is 19.1 Å². The Hall–Kier alpha value is -3.64. The lowest BCUT2D eigenvalue weighted by molar-refractivity contribution is -0.146. The first-order valence-electron chi connectivity index (χ1n) is 9.98. The summed E-state index contributed by atoms with van der Waals surface area (Å²) in [7, 11) is 2.01. The number of sulfonamides is 1. The Bertz CT molecular complexity index is 1180. The molecule has 0 aliphatic heterocycles. The van der Waals surface area contributed by atoms with Crippen LogP contribution in [0.25, 0.3) is 0 Å². The predicted octanol–water partition coefficient (Wildman–Crippen LogP) is 1.17. The van der Waals surface area contributed by atoms with Gasteiger partial charge in [-0.2, -0.15) is 0 Å². The highest BCUT2D eigenvalue weighted by atomic mass is 32.2. The summed E-state index contributed by atoms with van der Waals surface area (Å²) in [5.41, 5.74) is 0.989. The zero-order chi connectivity index (χ0) is 25.5. The van der Waals surface area contributed by atoms with Crippen LogP contribution >= 0.6 is 0 Å². The number of esters is 1. The van der Waals surface area contributed by atoms with Crippen LogP contribution in [0.1, 0.15) is 15.9 Å². The average molecular weight is 494 g/mol. The average Bonchev–Trinajstić information content (AvgIpc) is 2.81. The van der Waals surface area contributed by atoms with Crippen molar-refractivity contribution in [2.75, 3.05) is 46.8 Å². The molecule has 34 heavy (non-hydrogen) atoms. The van der Waals surface area contributed by atoms with Crippen LogP contribution in [0.4, 0.5) is 5.69 Å². The molecule has 184 valence electrons. The summed E-state index contributed by atoms with van der Waals surface area (Å²) in [6, 6.07) is 8.93. The maximum Gasteiger partial charge on any atom is 0.325 e. The Morgan fingerprint density at radius 2 is 1.65 bits per heavy atom. The van der Waals surface area contributed by atoms with Gasteiger partial charge in [0.15, 0.2) is 18.1 Å². The van der Waals surface area contributed by atoms with Crippen LogP contribution in [-0.4, -0.2) is 72.0 Å². The number of rotatable bonds is 10. The zero-order valence-electron chi connectivity index (χ0n) is 19.5. The highest BCUT2D eigenvalue weighted by molar-refractivity contribution is 7.89. The van der Waals surface area contributed by atoms with Gasteiger partial charge in [0, 0.05) is 25.3 Å². The summed E-state index contributed by atoms with van der Waals surface area (Å²) in [4.78, 5) is 36.3. The third-order valence-electron chi connectivity index (χ3n) is 4.63. The molecular formula is C22H27N3O8S. The molecule has 12 heteroatoms. The topological polar surface area (TPSA) is 140 Å². The van der Waals surface area contributed by atoms with E-state index in [1.165, 1.54) is 52.6 Å². The van der Waals surface area contributed by atoms with Crippen molar-refractivity contribution in [3.63, 3.8) is 0 Å². The lowest BCUT2D eigenvalue weighted by Gasteiger charge is -2.15. The number of amides is 2. The van der Waals surface area contributed by atoms with E-state index in [-0.39, 0.29) is 16.1 Å². The molecule has 0 aliphatic rings. The molecular weight excluding hydrogens is 466 g/mol. The number of hydrogen-bond donors (Lipinski definition) is 2. The first kappa shape index (κ1) is 26.6. The summed E-state index contributed by atoms with van der Waals surface area (Å²) < 4.78 is 41.0. The number of ether oxygens (including phenoxy) is 3. The number of carbonyl (C=O) groups excluding carboxylic acids is 3. The van der Waals surface area contributed by atoms with Gasteiger partial charge in [0.25, 0.3) is 11.8 Å². The van der Waals surface area contributed by atoms with Gasteiger partial charge in [-0.05, 0) is 42.8 Å². The number of carbonyl (C=O) groups is 3. The van der Waals surface area contributed by atoms with Crippen LogP contribution in [0.15, 0.2) is 41.3 Å². The van der Waals surface area contributed by atoms with E-state index in [9.17, 15) is 22.8 Å². The first-order chi connectivity index (χ1) is 16.0. The Morgan fingerprint density at radius 3 is 2.26 bits per heavy atom. The lowest BCUT2D eigenvalue weighted by atomic mass is 10.2. The fourth-order valence-corrected chi connectivity index (χ4v) is 3.92. The molecule has 2 rings (SSSR count). The van der Waals surface area contributed by atoms with Crippen molar-refractivity contribution in [2.24, 2.45) is 0 Å². The molecule has 0 heterocycles. The van der Waals surface area contributed by atoms with E-state index >= 15 is 0 Å². The van der Waals surface area contributed by atoms with Crippen LogP contribution in [-0.2, 0) is 24.3 Å². The number of benzene rings is 2. The molecule has 0 aromatic heterocycles. The molecule has 2 N–H and O–H groups in total. The molecule has 2 aromatic carbocycles. The second-order valence-electron chi connectivity index (χ2n) is 7.23. The maximum absolute atomic E-state index is 12.4. The minimum absolute atomic E-state index is 0.0465. The molecule has 0 fully saturated rings. The van der Waals surface area contributed by atoms with Crippen molar-refractivity contribution in [1.82, 2.24) is 9.62 Å². The Kier molecular flexibility index (Phi) is 8.98. The summed E-state index contributed by atoms with van der Waals surface area (Å²) in [5.74, 6) is -1.24. The monoisotopic (exact) mass is 493 g/mol. The van der Waals surface area contributed by atoms with E-state index < -0.39 is 41.0 Å². The van der Waals surface area contributed by atoms with Gasteiger partial charge in [-0.25, -0.2) is 12.7 Å². The summed E-state index contributed by atoms with van der Waals surface area (Å²) in [6.45, 7) is 0.561. The standard InChI is InChI=1S/C22H27N3O8S/c1-14-6-8-16(11-19(14)34(29,30)25(2)3)24-20(26)13-33-21(27)12-23-22(28)15-7-9-17(31-4)18(10-15)32-5/h6-11H,12-13H2,1-5H3,(H,23,28)(H,24,26). The summed E-state index contributed by atoms with van der Waals surface area (Å²) in [6.07, 6.45) is 0. The van der Waals surface area contributed by atoms with Crippen LogP contribution in [0.3, 0.4) is 0 Å². The molecule has 2 amide bonds. The smallest absolute Gasteiger partial charge is 0.325 e. The second kappa shape index (κ2) is 11.5. The summed E-state index contributed by atoms with van der Waals surface area (Å²) in [5, 5.41) is 4.87. The number of nitrogens with one attached hydrogen (secondary N) is 2. The molecule has 0 spiro atoms. The fourth-order valence-electron chi connectivity index (χ4n) is 2.78. The Labute approximate surface area is 198 Å². The number of nitrogens with zero attached hydrogens (tertiary/aromatic N) is 1. The predicted molar refractivity (Wildman–Crippen MR) is 124 cm³/mol. The van der Waals surface area contributed by atoms with Gasteiger partial charge in [0.05, 0.1) is 19.1 Å². The van der Waals surface area contributed by atoms with Gasteiger partial charge >= 0.3 is 5.97 Å². The third kappa shape index (κ3) is 6.68. The van der Waals surface area contributed by atoms with Crippen molar-refractivity contribution >= 4 is 33.5 Å². The lowest BCUT2D eigenvalue weighted by Crippen LogP contribution is -2.32. The molecule has 0 saturated carbocycles. The Balaban J connectivity index is 1.89. The molecule has 2 aromatic rings. The van der Waals surface area contributed by atoms with Crippen LogP contribution < -0.4 is 20.1 Å². The van der Waals surface area contributed by atoms with E-state index in [2.05, 4.69) is 10.6 Å². The van der Waals surface area contributed by atoms with Gasteiger partial charge in [-0.1, -0.05) is 6.07 Å². The highest BCUT2D eigenvalue weighted by Gasteiger charge is 2.20. The van der Waals surface area contributed by atoms with Gasteiger partial charge in [0.2, 0.25) is 10.0 Å². The molecule has 0 atom stereocenters. The van der Waals surface area contributed by atoms with Crippen LogP contribution in [0, 0.1) is 6.92 Å². The number of methoxy groups -OCH3 is 2. The van der Waals surface area contributed by atoms with Crippen LogP contribution in [0.2, 0.25) is 0 Å². The summed E-state index contributed by atoms with van der Waals surface area (Å²) >= 11 is 0. The number of hydrogen-bond acceptors (Lipinski definition) is 8. The van der Waals surface area contributed by atoms with Gasteiger partial charge in [-0.15, -0.1) is 0 Å². The van der Waals surface area contributed by atoms with E-state index in [4.69, 9.17) is 14.2 Å². The normalized spacial score (nSPS) is 11.0. The van der Waals surface area contributed by atoms with Crippen molar-refractivity contribution < 1.29 is 37.0 Å². The van der Waals surface area contributed by atoms with Gasteiger partial charge in [-0.3, -0.25) is 14.4 Å². The molecule has 0 unspecified atom stereocenters. The fraction of sp³-hybridized carbons (Fsp3) is 0.318. The molecule has 0 saturated heterocycles. The number of aryl methyl sites for hydroxylation is 1. The van der Waals surface area contributed by atoms with Crippen molar-refractivity contribution in [1.29, 1.82) is 0 Å². The molecule has 0 radical (unpaired) electrons.